The lowest BCUT2D eigenvalue weighted by atomic mass is 9.81. The predicted molar refractivity (Wildman–Crippen MR) is 232 cm³/mol. The van der Waals surface area contributed by atoms with Crippen LogP contribution < -0.4 is 4.90 Å². The van der Waals surface area contributed by atoms with Gasteiger partial charge in [-0.05, 0) is 118 Å². The van der Waals surface area contributed by atoms with E-state index in [1.54, 1.807) is 0 Å². The second-order valence-electron chi connectivity index (χ2n) is 15.5. The van der Waals surface area contributed by atoms with E-state index in [1.807, 2.05) is 12.1 Å². The third-order valence-corrected chi connectivity index (χ3v) is 11.6. The lowest BCUT2D eigenvalue weighted by Crippen LogP contribution is -2.15. The molecule has 0 aliphatic heterocycles. The molecule has 2 heteroatoms. The highest BCUT2D eigenvalue weighted by Gasteiger charge is 2.36. The standard InChI is InChI=1S/C53H41NO/c1-34-29-35(2)51-47-33-39(25-28-48(47)53(3,4)49(51)30-34)38-15-10-17-42(31-38)54(41-26-23-37(24-27-41)36-13-6-5-7-14-36)43-18-11-16-40(32-43)44-20-12-21-46-45-19-8-9-22-50(45)55-52(44)46/h5-33H,1-4H3. The number of aryl methyl sites for hydroxylation is 2. The van der Waals surface area contributed by atoms with Gasteiger partial charge in [-0.15, -0.1) is 0 Å². The molecule has 1 aliphatic carbocycles. The molecular formula is C53H41NO. The summed E-state index contributed by atoms with van der Waals surface area (Å²) in [6.07, 6.45) is 0. The first-order valence-electron chi connectivity index (χ1n) is 19.2. The fourth-order valence-corrected chi connectivity index (χ4v) is 8.93. The molecule has 0 unspecified atom stereocenters. The number of para-hydroxylation sites is 2. The van der Waals surface area contributed by atoms with Gasteiger partial charge < -0.3 is 9.32 Å². The van der Waals surface area contributed by atoms with Gasteiger partial charge in [0.05, 0.1) is 0 Å². The Morgan fingerprint density at radius 2 is 1.05 bits per heavy atom. The van der Waals surface area contributed by atoms with Crippen LogP contribution in [0.25, 0.3) is 66.4 Å². The topological polar surface area (TPSA) is 16.4 Å². The van der Waals surface area contributed by atoms with E-state index in [0.717, 1.165) is 50.1 Å². The van der Waals surface area contributed by atoms with Gasteiger partial charge >= 0.3 is 0 Å². The van der Waals surface area contributed by atoms with Gasteiger partial charge in [-0.1, -0.05) is 147 Å². The summed E-state index contributed by atoms with van der Waals surface area (Å²) in [6.45, 7) is 9.19. The van der Waals surface area contributed by atoms with Gasteiger partial charge in [0.1, 0.15) is 11.2 Å². The molecule has 10 rings (SSSR count). The number of benzene rings is 8. The molecule has 264 valence electrons. The van der Waals surface area contributed by atoms with Crippen molar-refractivity contribution in [2.24, 2.45) is 0 Å². The fraction of sp³-hybridized carbons (Fsp3) is 0.0943. The molecule has 0 amide bonds. The van der Waals surface area contributed by atoms with Crippen LogP contribution >= 0.6 is 0 Å². The van der Waals surface area contributed by atoms with Crippen LogP contribution in [0, 0.1) is 13.8 Å². The number of rotatable bonds is 6. The molecule has 0 radical (unpaired) electrons. The molecule has 1 heterocycles. The minimum absolute atomic E-state index is 0.0394. The number of anilines is 3. The van der Waals surface area contributed by atoms with Crippen LogP contribution in [0.3, 0.4) is 0 Å². The normalized spacial score (nSPS) is 12.9. The average molecular weight is 708 g/mol. The maximum atomic E-state index is 6.49. The quantitative estimate of drug-likeness (QED) is 0.171. The van der Waals surface area contributed by atoms with Crippen LogP contribution in [0.1, 0.15) is 36.1 Å². The average Bonchev–Trinajstić information content (AvgIpc) is 3.70. The second kappa shape index (κ2) is 12.7. The van der Waals surface area contributed by atoms with E-state index < -0.39 is 0 Å². The Labute approximate surface area is 323 Å². The summed E-state index contributed by atoms with van der Waals surface area (Å²) in [5, 5.41) is 2.27. The highest BCUT2D eigenvalue weighted by atomic mass is 16.3. The zero-order chi connectivity index (χ0) is 37.3. The van der Waals surface area contributed by atoms with E-state index in [-0.39, 0.29) is 5.41 Å². The molecule has 2 nitrogen and oxygen atoms in total. The number of hydrogen-bond donors (Lipinski definition) is 0. The van der Waals surface area contributed by atoms with E-state index >= 15 is 0 Å². The van der Waals surface area contributed by atoms with Gasteiger partial charge in [0.2, 0.25) is 0 Å². The van der Waals surface area contributed by atoms with Crippen LogP contribution in [-0.2, 0) is 5.41 Å². The monoisotopic (exact) mass is 707 g/mol. The lowest BCUT2D eigenvalue weighted by molar-refractivity contribution is 0.659. The van der Waals surface area contributed by atoms with Gasteiger partial charge in [0.15, 0.2) is 0 Å². The van der Waals surface area contributed by atoms with Crippen LogP contribution in [0.2, 0.25) is 0 Å². The molecule has 0 bridgehead atoms. The van der Waals surface area contributed by atoms with Gasteiger partial charge in [-0.2, -0.15) is 0 Å². The smallest absolute Gasteiger partial charge is 0.143 e. The van der Waals surface area contributed by atoms with Crippen LogP contribution in [0.5, 0.6) is 0 Å². The largest absolute Gasteiger partial charge is 0.455 e. The van der Waals surface area contributed by atoms with Crippen LogP contribution in [-0.4, -0.2) is 0 Å². The van der Waals surface area contributed by atoms with Crippen molar-refractivity contribution >= 4 is 39.0 Å². The maximum absolute atomic E-state index is 6.49. The van der Waals surface area contributed by atoms with Crippen molar-refractivity contribution in [2.45, 2.75) is 33.1 Å². The molecule has 0 saturated carbocycles. The van der Waals surface area contributed by atoms with Crippen molar-refractivity contribution in [2.75, 3.05) is 4.90 Å². The summed E-state index contributed by atoms with van der Waals surface area (Å²) < 4.78 is 6.49. The Bertz CT molecular complexity index is 2910. The van der Waals surface area contributed by atoms with E-state index in [2.05, 4.69) is 196 Å². The molecule has 0 fully saturated rings. The Kier molecular flexibility index (Phi) is 7.64. The highest BCUT2D eigenvalue weighted by Crippen LogP contribution is 2.51. The Balaban J connectivity index is 1.11. The summed E-state index contributed by atoms with van der Waals surface area (Å²) in [5.41, 5.74) is 20.2. The Morgan fingerprint density at radius 1 is 0.436 bits per heavy atom. The van der Waals surface area contributed by atoms with E-state index in [1.165, 1.54) is 55.6 Å². The minimum atomic E-state index is -0.0394. The lowest BCUT2D eigenvalue weighted by Gasteiger charge is -2.27. The van der Waals surface area contributed by atoms with Crippen molar-refractivity contribution < 1.29 is 4.42 Å². The zero-order valence-electron chi connectivity index (χ0n) is 31.6. The van der Waals surface area contributed by atoms with Crippen LogP contribution in [0.4, 0.5) is 17.1 Å². The summed E-state index contributed by atoms with van der Waals surface area (Å²) in [5.74, 6) is 0. The molecular weight excluding hydrogens is 667 g/mol. The highest BCUT2D eigenvalue weighted by molar-refractivity contribution is 6.09. The summed E-state index contributed by atoms with van der Waals surface area (Å²) in [7, 11) is 0. The van der Waals surface area contributed by atoms with Gasteiger partial charge in [-0.3, -0.25) is 0 Å². The first-order chi connectivity index (χ1) is 26.8. The number of furan rings is 1. The fourth-order valence-electron chi connectivity index (χ4n) is 8.93. The first-order valence-corrected chi connectivity index (χ1v) is 19.2. The number of hydrogen-bond acceptors (Lipinski definition) is 2. The summed E-state index contributed by atoms with van der Waals surface area (Å²) >= 11 is 0. The van der Waals surface area contributed by atoms with Crippen molar-refractivity contribution in [3.8, 4) is 44.5 Å². The van der Waals surface area contributed by atoms with Crippen molar-refractivity contribution in [1.82, 2.24) is 0 Å². The molecule has 1 aromatic heterocycles. The zero-order valence-corrected chi connectivity index (χ0v) is 31.6. The molecule has 9 aromatic rings. The van der Waals surface area contributed by atoms with Gasteiger partial charge in [-0.25, -0.2) is 0 Å². The molecule has 55 heavy (non-hydrogen) atoms. The van der Waals surface area contributed by atoms with Gasteiger partial charge in [0.25, 0.3) is 0 Å². The molecule has 1 aliphatic rings. The number of nitrogens with zero attached hydrogens (tertiary/aromatic N) is 1. The third-order valence-electron chi connectivity index (χ3n) is 11.6. The SMILES string of the molecule is Cc1cc(C)c2c(c1)C(C)(C)c1ccc(-c3cccc(N(c4ccc(-c5ccccc5)cc4)c4cccc(-c5cccc6c5oc5ccccc56)c4)c3)cc1-2. The molecule has 8 aromatic carbocycles. The minimum Gasteiger partial charge on any atom is -0.455 e. The second-order valence-corrected chi connectivity index (χ2v) is 15.5. The van der Waals surface area contributed by atoms with Crippen molar-refractivity contribution in [3.63, 3.8) is 0 Å². The number of fused-ring (bicyclic) bond motifs is 6. The van der Waals surface area contributed by atoms with Gasteiger partial charge in [0, 0.05) is 38.8 Å². The van der Waals surface area contributed by atoms with E-state index in [9.17, 15) is 0 Å². The summed E-state index contributed by atoms with van der Waals surface area (Å²) in [6, 6.07) is 63.9. The molecule has 0 atom stereocenters. The summed E-state index contributed by atoms with van der Waals surface area (Å²) in [4.78, 5) is 2.37. The van der Waals surface area contributed by atoms with Crippen molar-refractivity contribution in [3.05, 3.63) is 198 Å². The maximum Gasteiger partial charge on any atom is 0.143 e. The van der Waals surface area contributed by atoms with E-state index in [0.29, 0.717) is 0 Å². The molecule has 0 spiro atoms. The first kappa shape index (κ1) is 33.0. The molecule has 0 saturated heterocycles. The Morgan fingerprint density at radius 3 is 1.85 bits per heavy atom. The predicted octanol–water partition coefficient (Wildman–Crippen LogP) is 15.0. The molecule has 0 N–H and O–H groups in total. The Hall–Kier alpha value is -6.64. The van der Waals surface area contributed by atoms with E-state index in [4.69, 9.17) is 4.42 Å². The van der Waals surface area contributed by atoms with Crippen molar-refractivity contribution in [1.29, 1.82) is 0 Å². The third kappa shape index (κ3) is 5.48. The van der Waals surface area contributed by atoms with Crippen LogP contribution in [0.15, 0.2) is 180 Å².